The number of sulfonamides is 1. The Kier molecular flexibility index (Phi) is 8.85. The van der Waals surface area contributed by atoms with E-state index in [0.717, 1.165) is 13.1 Å². The quantitative estimate of drug-likeness (QED) is 0.437. The van der Waals surface area contributed by atoms with Crippen molar-refractivity contribution in [2.75, 3.05) is 43.7 Å². The molecule has 8 nitrogen and oxygen atoms in total. The molecule has 0 unspecified atom stereocenters. The predicted octanol–water partition coefficient (Wildman–Crippen LogP) is 4.18. The van der Waals surface area contributed by atoms with Crippen LogP contribution in [0.3, 0.4) is 0 Å². The maximum absolute atomic E-state index is 13.5. The zero-order chi connectivity index (χ0) is 22.7. The molecule has 0 radical (unpaired) electrons. The van der Waals surface area contributed by atoms with E-state index >= 15 is 0 Å². The Morgan fingerprint density at radius 2 is 1.70 bits per heavy atom. The van der Waals surface area contributed by atoms with Gasteiger partial charge in [0, 0.05) is 31.2 Å². The lowest BCUT2D eigenvalue weighted by Crippen LogP contribution is -2.43. The second-order valence-electron chi connectivity index (χ2n) is 7.10. The highest BCUT2D eigenvalue weighted by atomic mass is 35.5. The van der Waals surface area contributed by atoms with Crippen molar-refractivity contribution < 1.29 is 13.2 Å². The van der Waals surface area contributed by atoms with Gasteiger partial charge >= 0.3 is 0 Å². The lowest BCUT2D eigenvalue weighted by atomic mass is 10.3. The fraction of sp³-hybridized carbons (Fsp3) is 0.300. The van der Waals surface area contributed by atoms with Gasteiger partial charge in [-0.05, 0) is 42.5 Å². The van der Waals surface area contributed by atoms with Crippen LogP contribution in [0.1, 0.15) is 0 Å². The first kappa shape index (κ1) is 26.0. The third kappa shape index (κ3) is 6.10. The van der Waals surface area contributed by atoms with Crippen molar-refractivity contribution in [2.24, 2.45) is 0 Å². The molecule has 2 aromatic carbocycles. The molecule has 0 saturated carbocycles. The Morgan fingerprint density at radius 1 is 1.00 bits per heavy atom. The van der Waals surface area contributed by atoms with Gasteiger partial charge in [0.25, 0.3) is 10.0 Å². The van der Waals surface area contributed by atoms with Gasteiger partial charge in [-0.1, -0.05) is 40.0 Å². The minimum Gasteiger partial charge on any atom is -0.379 e. The zero-order valence-electron chi connectivity index (χ0n) is 17.3. The molecular formula is C20H21Cl4N5O3S. The first-order valence-corrected chi connectivity index (χ1v) is 12.4. The molecule has 0 N–H and O–H groups in total. The molecule has 178 valence electrons. The lowest BCUT2D eigenvalue weighted by molar-refractivity contribution is 0.0395. The molecule has 0 atom stereocenters. The average Bonchev–Trinajstić information content (AvgIpc) is 3.26. The van der Waals surface area contributed by atoms with Gasteiger partial charge in [0.1, 0.15) is 0 Å². The van der Waals surface area contributed by atoms with E-state index in [4.69, 9.17) is 39.5 Å². The number of morpholine rings is 1. The number of nitrogens with zero attached hydrogens (tertiary/aromatic N) is 5. The summed E-state index contributed by atoms with van der Waals surface area (Å²) >= 11 is 18.0. The third-order valence-electron chi connectivity index (χ3n) is 5.03. The van der Waals surface area contributed by atoms with Gasteiger partial charge in [-0.25, -0.2) is 17.4 Å². The van der Waals surface area contributed by atoms with Crippen LogP contribution in [0.15, 0.2) is 53.6 Å². The van der Waals surface area contributed by atoms with Gasteiger partial charge in [0.2, 0.25) is 0 Å². The van der Waals surface area contributed by atoms with E-state index in [9.17, 15) is 8.42 Å². The summed E-state index contributed by atoms with van der Waals surface area (Å²) < 4.78 is 35.1. The zero-order valence-corrected chi connectivity index (χ0v) is 21.2. The Morgan fingerprint density at radius 3 is 2.36 bits per heavy atom. The summed E-state index contributed by atoms with van der Waals surface area (Å²) in [5.41, 5.74) is 0.607. The van der Waals surface area contributed by atoms with Crippen LogP contribution in [-0.4, -0.2) is 67.7 Å². The molecule has 0 aliphatic carbocycles. The molecule has 1 fully saturated rings. The fourth-order valence-electron chi connectivity index (χ4n) is 3.27. The van der Waals surface area contributed by atoms with Crippen LogP contribution in [0, 0.1) is 0 Å². The summed E-state index contributed by atoms with van der Waals surface area (Å²) in [5, 5.41) is 9.45. The molecule has 33 heavy (non-hydrogen) atoms. The van der Waals surface area contributed by atoms with Crippen LogP contribution in [0.5, 0.6) is 0 Å². The fourth-order valence-corrected chi connectivity index (χ4v) is 5.08. The largest absolute Gasteiger partial charge is 0.379 e. The number of ether oxygens (including phenoxy) is 1. The van der Waals surface area contributed by atoms with Crippen LogP contribution >= 0.6 is 47.2 Å². The maximum atomic E-state index is 13.5. The third-order valence-corrected chi connectivity index (χ3v) is 7.84. The van der Waals surface area contributed by atoms with Crippen molar-refractivity contribution in [3.8, 4) is 5.69 Å². The van der Waals surface area contributed by atoms with E-state index in [1.165, 1.54) is 21.1 Å². The second kappa shape index (κ2) is 11.2. The number of halogens is 4. The van der Waals surface area contributed by atoms with Gasteiger partial charge in [-0.15, -0.1) is 17.5 Å². The molecular weight excluding hydrogens is 532 g/mol. The molecule has 0 spiro atoms. The SMILES string of the molecule is Cl.O=S(=O)(c1ccc(Cl)cc1)N(CCN1CCOCC1)c1cn(-c2ccc(Cl)c(Cl)c2)nn1. The number of hydrogen-bond acceptors (Lipinski definition) is 6. The van der Waals surface area contributed by atoms with E-state index in [-0.39, 0.29) is 29.7 Å². The molecule has 3 aromatic rings. The Hall–Kier alpha value is -1.59. The number of anilines is 1. The molecule has 1 saturated heterocycles. The van der Waals surface area contributed by atoms with Gasteiger partial charge in [0.15, 0.2) is 5.82 Å². The summed E-state index contributed by atoms with van der Waals surface area (Å²) in [6, 6.07) is 11.0. The Balaban J connectivity index is 0.00000306. The Bertz CT molecular complexity index is 1180. The predicted molar refractivity (Wildman–Crippen MR) is 132 cm³/mol. The van der Waals surface area contributed by atoms with Crippen LogP contribution in [0.4, 0.5) is 5.82 Å². The van der Waals surface area contributed by atoms with Crippen molar-refractivity contribution in [3.63, 3.8) is 0 Å². The highest BCUT2D eigenvalue weighted by Crippen LogP contribution is 2.26. The maximum Gasteiger partial charge on any atom is 0.265 e. The van der Waals surface area contributed by atoms with Crippen LogP contribution in [-0.2, 0) is 14.8 Å². The highest BCUT2D eigenvalue weighted by molar-refractivity contribution is 7.92. The first-order valence-electron chi connectivity index (χ1n) is 9.81. The molecule has 0 amide bonds. The van der Waals surface area contributed by atoms with E-state index in [1.54, 1.807) is 36.5 Å². The normalized spacial score (nSPS) is 14.6. The molecule has 13 heteroatoms. The molecule has 0 bridgehead atoms. The van der Waals surface area contributed by atoms with E-state index in [1.807, 2.05) is 0 Å². The van der Waals surface area contributed by atoms with E-state index < -0.39 is 10.0 Å². The standard InChI is InChI=1S/C20H20Cl3N5O3S.ClH/c21-15-1-4-17(5-2-15)32(29,30)28(8-7-26-9-11-31-12-10-26)20-14-27(25-24-20)16-3-6-18(22)19(23)13-16;/h1-6,13-14H,7-12H2;1H. The Labute approximate surface area is 213 Å². The topological polar surface area (TPSA) is 80.6 Å². The van der Waals surface area contributed by atoms with Crippen molar-refractivity contribution in [3.05, 3.63) is 63.7 Å². The van der Waals surface area contributed by atoms with Gasteiger partial charge in [0.05, 0.1) is 40.0 Å². The number of aromatic nitrogens is 3. The smallest absolute Gasteiger partial charge is 0.265 e. The summed E-state index contributed by atoms with van der Waals surface area (Å²) in [6.45, 7) is 3.45. The van der Waals surface area contributed by atoms with Crippen LogP contribution < -0.4 is 4.31 Å². The summed E-state index contributed by atoms with van der Waals surface area (Å²) in [5.74, 6) is 0.194. The minimum absolute atomic E-state index is 0. The second-order valence-corrected chi connectivity index (χ2v) is 10.2. The van der Waals surface area contributed by atoms with Crippen molar-refractivity contribution in [2.45, 2.75) is 4.90 Å². The molecule has 4 rings (SSSR count). The van der Waals surface area contributed by atoms with Crippen molar-refractivity contribution in [1.82, 2.24) is 19.9 Å². The highest BCUT2D eigenvalue weighted by Gasteiger charge is 2.28. The number of hydrogen-bond donors (Lipinski definition) is 0. The van der Waals surface area contributed by atoms with Crippen molar-refractivity contribution >= 4 is 63.1 Å². The van der Waals surface area contributed by atoms with Crippen LogP contribution in [0.25, 0.3) is 5.69 Å². The number of rotatable bonds is 7. The minimum atomic E-state index is -3.90. The lowest BCUT2D eigenvalue weighted by Gasteiger charge is -2.29. The monoisotopic (exact) mass is 551 g/mol. The average molecular weight is 553 g/mol. The van der Waals surface area contributed by atoms with Gasteiger partial charge in [-0.3, -0.25) is 4.90 Å². The number of benzene rings is 2. The van der Waals surface area contributed by atoms with Gasteiger partial charge < -0.3 is 4.74 Å². The van der Waals surface area contributed by atoms with Crippen LogP contribution in [0.2, 0.25) is 15.1 Å². The van der Waals surface area contributed by atoms with Crippen molar-refractivity contribution in [1.29, 1.82) is 0 Å². The first-order chi connectivity index (χ1) is 15.3. The molecule has 1 aromatic heterocycles. The van der Waals surface area contributed by atoms with E-state index in [2.05, 4.69) is 15.2 Å². The molecule has 2 heterocycles. The summed E-state index contributed by atoms with van der Waals surface area (Å²) in [6.07, 6.45) is 1.55. The van der Waals surface area contributed by atoms with E-state index in [0.29, 0.717) is 40.5 Å². The summed E-state index contributed by atoms with van der Waals surface area (Å²) in [7, 11) is -3.90. The van der Waals surface area contributed by atoms with Gasteiger partial charge in [-0.2, -0.15) is 0 Å². The molecule has 1 aliphatic heterocycles. The molecule has 1 aliphatic rings. The summed E-state index contributed by atoms with van der Waals surface area (Å²) in [4.78, 5) is 2.27.